The van der Waals surface area contributed by atoms with Crippen molar-refractivity contribution in [3.63, 3.8) is 0 Å². The minimum Gasteiger partial charge on any atom is -0.0620 e. The Balaban J connectivity index is 1.57. The summed E-state index contributed by atoms with van der Waals surface area (Å²) in [7, 11) is 0. The smallest absolute Gasteiger partial charge is 0.00958 e. The van der Waals surface area contributed by atoms with Crippen molar-refractivity contribution >= 4 is 0 Å². The fraction of sp³-hybridized carbons (Fsp3) is 0.125. The Morgan fingerprint density at radius 3 is 0.812 bits per heavy atom. The highest BCUT2D eigenvalue weighted by atomic mass is 14.2. The summed E-state index contributed by atoms with van der Waals surface area (Å²) < 4.78 is 0. The summed E-state index contributed by atoms with van der Waals surface area (Å²) >= 11 is 0. The second-order valence-corrected chi connectivity index (χ2v) is 13.3. The van der Waals surface area contributed by atoms with Crippen molar-refractivity contribution in [2.45, 2.75) is 41.5 Å². The van der Waals surface area contributed by atoms with Crippen LogP contribution in [0.3, 0.4) is 0 Å². The molecule has 0 nitrogen and oxygen atoms in total. The Labute approximate surface area is 286 Å². The van der Waals surface area contributed by atoms with Gasteiger partial charge in [0.1, 0.15) is 0 Å². The van der Waals surface area contributed by atoms with E-state index in [-0.39, 0.29) is 0 Å². The molecule has 234 valence electrons. The number of aryl methyl sites for hydroxylation is 6. The lowest BCUT2D eigenvalue weighted by Crippen LogP contribution is -1.97. The maximum Gasteiger partial charge on any atom is -0.00958 e. The van der Waals surface area contributed by atoms with Crippen LogP contribution >= 0.6 is 0 Å². The molecule has 7 aromatic rings. The van der Waals surface area contributed by atoms with Gasteiger partial charge < -0.3 is 0 Å². The fourth-order valence-electron chi connectivity index (χ4n) is 7.19. The SMILES string of the molecule is Cc1ccccc1-c1ccc(C)c(-c2cc(-c3ccccc3C)c(-c3cc(-c4ccccc4C)ccc3C)cc2-c2ccccc2C)c1. The lowest BCUT2D eigenvalue weighted by molar-refractivity contribution is 1.40. The Morgan fingerprint density at radius 1 is 0.208 bits per heavy atom. The maximum absolute atomic E-state index is 2.48. The van der Waals surface area contributed by atoms with E-state index in [0.29, 0.717) is 0 Å². The molecule has 0 saturated carbocycles. The minimum absolute atomic E-state index is 1.24. The Kier molecular flexibility index (Phi) is 8.42. The molecule has 7 aromatic carbocycles. The third-order valence-corrected chi connectivity index (χ3v) is 10.00. The average molecular weight is 619 g/mol. The molecule has 0 aliphatic carbocycles. The molecule has 0 N–H and O–H groups in total. The summed E-state index contributed by atoms with van der Waals surface area (Å²) in [4.78, 5) is 0. The first-order chi connectivity index (χ1) is 23.3. The molecule has 48 heavy (non-hydrogen) atoms. The van der Waals surface area contributed by atoms with E-state index in [0.717, 1.165) is 0 Å². The van der Waals surface area contributed by atoms with Crippen molar-refractivity contribution in [1.29, 1.82) is 0 Å². The zero-order valence-electron chi connectivity index (χ0n) is 28.9. The van der Waals surface area contributed by atoms with Gasteiger partial charge in [0, 0.05) is 0 Å². The first-order valence-electron chi connectivity index (χ1n) is 16.9. The van der Waals surface area contributed by atoms with Gasteiger partial charge in [0.25, 0.3) is 0 Å². The van der Waals surface area contributed by atoms with Crippen molar-refractivity contribution in [2.24, 2.45) is 0 Å². The molecule has 0 spiro atoms. The molecule has 0 heterocycles. The molecule has 7 rings (SSSR count). The van der Waals surface area contributed by atoms with E-state index in [4.69, 9.17) is 0 Å². The molecule has 0 aromatic heterocycles. The summed E-state index contributed by atoms with van der Waals surface area (Å²) in [5.41, 5.74) is 22.8. The van der Waals surface area contributed by atoms with Gasteiger partial charge in [-0.05, 0) is 166 Å². The number of hydrogen-bond donors (Lipinski definition) is 0. The highest BCUT2D eigenvalue weighted by molar-refractivity contribution is 5.98. The summed E-state index contributed by atoms with van der Waals surface area (Å²) in [6, 6.07) is 53.9. The van der Waals surface area contributed by atoms with Gasteiger partial charge in [-0.3, -0.25) is 0 Å². The Morgan fingerprint density at radius 2 is 0.479 bits per heavy atom. The molecule has 0 amide bonds. The largest absolute Gasteiger partial charge is 0.0620 e. The lowest BCUT2D eigenvalue weighted by Gasteiger charge is -2.22. The van der Waals surface area contributed by atoms with Gasteiger partial charge in [-0.2, -0.15) is 0 Å². The molecule has 0 bridgehead atoms. The zero-order valence-corrected chi connectivity index (χ0v) is 28.9. The highest BCUT2D eigenvalue weighted by Crippen LogP contribution is 2.46. The molecule has 0 radical (unpaired) electrons. The molecule has 0 heteroatoms. The summed E-state index contributed by atoms with van der Waals surface area (Å²) in [6.07, 6.45) is 0. The Hall–Kier alpha value is -5.46. The third kappa shape index (κ3) is 5.80. The first-order valence-corrected chi connectivity index (χ1v) is 16.9. The van der Waals surface area contributed by atoms with Crippen LogP contribution < -0.4 is 0 Å². The second kappa shape index (κ2) is 13.0. The van der Waals surface area contributed by atoms with Crippen molar-refractivity contribution in [3.8, 4) is 66.8 Å². The molecule has 0 saturated heterocycles. The molecular formula is C48H42. The van der Waals surface area contributed by atoms with E-state index in [2.05, 4.69) is 187 Å². The number of rotatable bonds is 6. The van der Waals surface area contributed by atoms with Crippen LogP contribution in [0.2, 0.25) is 0 Å². The number of benzene rings is 7. The standard InChI is InChI=1S/C48H42/c1-31-15-7-11-19-39(31)37-25-23-35(5)43(27-37)47-29-46(42-22-14-10-18-34(42)4)48(30-45(47)41-21-13-9-17-33(41)3)44-28-38(26-24-36(44)6)40-20-12-8-16-32(40)2/h7-30H,1-6H3. The van der Waals surface area contributed by atoms with Gasteiger partial charge >= 0.3 is 0 Å². The summed E-state index contributed by atoms with van der Waals surface area (Å²) in [6.45, 7) is 13.4. The minimum atomic E-state index is 1.24. The van der Waals surface area contributed by atoms with Gasteiger partial charge in [0.15, 0.2) is 0 Å². The fourth-order valence-corrected chi connectivity index (χ4v) is 7.19. The molecule has 0 aliphatic rings. The van der Waals surface area contributed by atoms with Crippen LogP contribution in [-0.4, -0.2) is 0 Å². The molecule has 0 unspecified atom stereocenters. The van der Waals surface area contributed by atoms with E-state index in [9.17, 15) is 0 Å². The van der Waals surface area contributed by atoms with Crippen molar-refractivity contribution in [2.75, 3.05) is 0 Å². The average Bonchev–Trinajstić information content (AvgIpc) is 3.09. The van der Waals surface area contributed by atoms with E-state index >= 15 is 0 Å². The summed E-state index contributed by atoms with van der Waals surface area (Å²) in [5.74, 6) is 0. The van der Waals surface area contributed by atoms with Gasteiger partial charge in [0.2, 0.25) is 0 Å². The van der Waals surface area contributed by atoms with Crippen LogP contribution in [0.25, 0.3) is 66.8 Å². The van der Waals surface area contributed by atoms with E-state index < -0.39 is 0 Å². The van der Waals surface area contributed by atoms with Gasteiger partial charge in [-0.25, -0.2) is 0 Å². The third-order valence-electron chi connectivity index (χ3n) is 10.00. The molecule has 0 fully saturated rings. The first kappa shape index (κ1) is 31.2. The van der Waals surface area contributed by atoms with Crippen molar-refractivity contribution in [3.05, 3.63) is 179 Å². The monoisotopic (exact) mass is 618 g/mol. The predicted molar refractivity (Wildman–Crippen MR) is 207 cm³/mol. The second-order valence-electron chi connectivity index (χ2n) is 13.3. The van der Waals surface area contributed by atoms with E-state index in [1.165, 1.54) is 100 Å². The highest BCUT2D eigenvalue weighted by Gasteiger charge is 2.21. The van der Waals surface area contributed by atoms with Crippen molar-refractivity contribution < 1.29 is 0 Å². The molecule has 0 atom stereocenters. The number of hydrogen-bond acceptors (Lipinski definition) is 0. The van der Waals surface area contributed by atoms with E-state index in [1.54, 1.807) is 0 Å². The van der Waals surface area contributed by atoms with Gasteiger partial charge in [-0.15, -0.1) is 0 Å². The zero-order chi connectivity index (χ0) is 33.4. The van der Waals surface area contributed by atoms with Gasteiger partial charge in [0.05, 0.1) is 0 Å². The van der Waals surface area contributed by atoms with Crippen LogP contribution in [0.4, 0.5) is 0 Å². The van der Waals surface area contributed by atoms with Crippen LogP contribution in [-0.2, 0) is 0 Å². The van der Waals surface area contributed by atoms with E-state index in [1.807, 2.05) is 0 Å². The Bertz CT molecular complexity index is 2130. The molecular weight excluding hydrogens is 577 g/mol. The lowest BCUT2D eigenvalue weighted by atomic mass is 9.81. The quantitative estimate of drug-likeness (QED) is 0.174. The van der Waals surface area contributed by atoms with Crippen molar-refractivity contribution in [1.82, 2.24) is 0 Å². The molecule has 0 aliphatic heterocycles. The summed E-state index contributed by atoms with van der Waals surface area (Å²) in [5, 5.41) is 0. The van der Waals surface area contributed by atoms with Crippen LogP contribution in [0.15, 0.2) is 146 Å². The predicted octanol–water partition coefficient (Wildman–Crippen LogP) is 13.5. The topological polar surface area (TPSA) is 0 Å². The van der Waals surface area contributed by atoms with Gasteiger partial charge in [-0.1, -0.05) is 121 Å². The normalized spacial score (nSPS) is 11.1. The van der Waals surface area contributed by atoms with Crippen LogP contribution in [0.5, 0.6) is 0 Å². The van der Waals surface area contributed by atoms with Crippen LogP contribution in [0, 0.1) is 41.5 Å². The van der Waals surface area contributed by atoms with Crippen LogP contribution in [0.1, 0.15) is 33.4 Å². The maximum atomic E-state index is 2.48.